The summed E-state index contributed by atoms with van der Waals surface area (Å²) in [7, 11) is 0. The number of nitrogens with one attached hydrogen (secondary N) is 1. The van der Waals surface area contributed by atoms with E-state index in [1.165, 1.54) is 5.57 Å². The predicted molar refractivity (Wildman–Crippen MR) is 87.2 cm³/mol. The van der Waals surface area contributed by atoms with Gasteiger partial charge in [-0.3, -0.25) is 4.79 Å². The first-order valence-electron chi connectivity index (χ1n) is 7.70. The van der Waals surface area contributed by atoms with Crippen LogP contribution in [0, 0.1) is 5.92 Å². The summed E-state index contributed by atoms with van der Waals surface area (Å²) in [6.45, 7) is 6.38. The van der Waals surface area contributed by atoms with Gasteiger partial charge in [-0.05, 0) is 31.4 Å². The van der Waals surface area contributed by atoms with E-state index in [4.69, 9.17) is 4.74 Å². The lowest BCUT2D eigenvalue weighted by atomic mass is 9.82. The number of H-pyrrole nitrogens is 1. The first-order valence-corrected chi connectivity index (χ1v) is 7.70. The van der Waals surface area contributed by atoms with E-state index < -0.39 is 5.60 Å². The predicted octanol–water partition coefficient (Wildman–Crippen LogP) is 3.87. The molecule has 1 aliphatic heterocycles. The minimum absolute atomic E-state index is 0.0293. The van der Waals surface area contributed by atoms with Crippen LogP contribution in [0.4, 0.5) is 0 Å². The van der Waals surface area contributed by atoms with Crippen molar-refractivity contribution in [3.05, 3.63) is 64.1 Å². The van der Waals surface area contributed by atoms with Gasteiger partial charge in [-0.25, -0.2) is 0 Å². The molecule has 2 aromatic rings. The average molecular weight is 293 g/mol. The molecule has 1 aliphatic carbocycles. The minimum atomic E-state index is -0.413. The highest BCUT2D eigenvalue weighted by Gasteiger charge is 2.52. The Morgan fingerprint density at radius 3 is 2.68 bits per heavy atom. The van der Waals surface area contributed by atoms with Crippen LogP contribution in [-0.4, -0.2) is 10.6 Å². The molecule has 3 atom stereocenters. The fraction of sp³-hybridized carbons (Fsp3) is 0.316. The maximum atomic E-state index is 12.5. The molecule has 0 radical (unpaired) electrons. The number of hydrogen-bond acceptors (Lipinski definition) is 2. The number of fused-ring (bicyclic) bond motifs is 3. The molecular formula is C19H19NO2. The van der Waals surface area contributed by atoms with E-state index in [0.717, 1.165) is 22.4 Å². The Morgan fingerprint density at radius 2 is 1.95 bits per heavy atom. The summed E-state index contributed by atoms with van der Waals surface area (Å²) in [6.07, 6.45) is 3.94. The number of rotatable bonds is 1. The van der Waals surface area contributed by atoms with Gasteiger partial charge in [0.1, 0.15) is 11.4 Å². The Balaban J connectivity index is 1.96. The van der Waals surface area contributed by atoms with Crippen molar-refractivity contribution in [1.29, 1.82) is 0 Å². The number of aromatic nitrogens is 1. The molecule has 3 unspecified atom stereocenters. The number of ether oxygens (including phenoxy) is 1. The molecular weight excluding hydrogens is 274 g/mol. The zero-order chi connectivity index (χ0) is 15.5. The molecule has 0 bridgehead atoms. The normalized spacial score (nSPS) is 28.8. The Kier molecular flexibility index (Phi) is 2.65. The molecule has 0 amide bonds. The Morgan fingerprint density at radius 1 is 1.23 bits per heavy atom. The van der Waals surface area contributed by atoms with Crippen molar-refractivity contribution in [2.45, 2.75) is 32.3 Å². The van der Waals surface area contributed by atoms with Crippen LogP contribution in [0.25, 0.3) is 11.1 Å². The van der Waals surface area contributed by atoms with Gasteiger partial charge in [-0.15, -0.1) is 0 Å². The van der Waals surface area contributed by atoms with Crippen LogP contribution in [0.2, 0.25) is 0 Å². The molecule has 0 saturated carbocycles. The standard InChI is InChI=1S/C19H19NO2/c1-11-9-19(3)16(12(11)2)15-17(22-19)14(10-20-18(15)21)13-7-5-4-6-8-13/h4-10,12,16H,1-3H3,(H,20,21). The third-order valence-corrected chi connectivity index (χ3v) is 5.15. The highest BCUT2D eigenvalue weighted by molar-refractivity contribution is 5.73. The lowest BCUT2D eigenvalue weighted by Crippen LogP contribution is -2.32. The minimum Gasteiger partial charge on any atom is -0.482 e. The van der Waals surface area contributed by atoms with Crippen molar-refractivity contribution in [2.75, 3.05) is 0 Å². The van der Waals surface area contributed by atoms with Crippen LogP contribution >= 0.6 is 0 Å². The lowest BCUT2D eigenvalue weighted by Gasteiger charge is -2.24. The van der Waals surface area contributed by atoms with Gasteiger partial charge in [-0.2, -0.15) is 0 Å². The molecule has 0 spiro atoms. The zero-order valence-corrected chi connectivity index (χ0v) is 13.0. The van der Waals surface area contributed by atoms with Gasteiger partial charge < -0.3 is 9.72 Å². The molecule has 2 aliphatic rings. The van der Waals surface area contributed by atoms with Crippen LogP contribution in [0.15, 0.2) is 53.0 Å². The van der Waals surface area contributed by atoms with Crippen LogP contribution in [0.3, 0.4) is 0 Å². The van der Waals surface area contributed by atoms with Crippen LogP contribution in [0.1, 0.15) is 32.3 Å². The number of hydrogen-bond donors (Lipinski definition) is 1. The zero-order valence-electron chi connectivity index (χ0n) is 13.0. The summed E-state index contributed by atoms with van der Waals surface area (Å²) in [6, 6.07) is 10.1. The van der Waals surface area contributed by atoms with Crippen LogP contribution in [0.5, 0.6) is 5.75 Å². The van der Waals surface area contributed by atoms with E-state index in [9.17, 15) is 4.79 Å². The van der Waals surface area contributed by atoms with E-state index >= 15 is 0 Å². The fourth-order valence-electron chi connectivity index (χ4n) is 4.04. The van der Waals surface area contributed by atoms with Gasteiger partial charge in [-0.1, -0.05) is 42.8 Å². The second kappa shape index (κ2) is 4.35. The number of pyridine rings is 1. The van der Waals surface area contributed by atoms with Crippen molar-refractivity contribution in [2.24, 2.45) is 5.92 Å². The maximum absolute atomic E-state index is 12.5. The Labute approximate surface area is 129 Å². The monoisotopic (exact) mass is 293 g/mol. The van der Waals surface area contributed by atoms with E-state index in [1.54, 1.807) is 6.20 Å². The summed E-state index contributed by atoms with van der Waals surface area (Å²) in [4.78, 5) is 15.4. The van der Waals surface area contributed by atoms with E-state index in [0.29, 0.717) is 5.92 Å². The van der Waals surface area contributed by atoms with Gasteiger partial charge in [0.05, 0.1) is 5.56 Å². The van der Waals surface area contributed by atoms with Gasteiger partial charge in [0.2, 0.25) is 0 Å². The van der Waals surface area contributed by atoms with Crippen LogP contribution in [-0.2, 0) is 0 Å². The van der Waals surface area contributed by atoms with Crippen molar-refractivity contribution in [3.63, 3.8) is 0 Å². The van der Waals surface area contributed by atoms with Crippen molar-refractivity contribution in [1.82, 2.24) is 4.98 Å². The van der Waals surface area contributed by atoms with Gasteiger partial charge in [0, 0.05) is 17.7 Å². The molecule has 3 heteroatoms. The summed E-state index contributed by atoms with van der Waals surface area (Å²) in [5.74, 6) is 1.16. The Hall–Kier alpha value is -2.29. The SMILES string of the molecule is CC1=CC2(C)Oc3c(-c4ccccc4)c[nH]c(=O)c3C2C1C. The first kappa shape index (κ1) is 13.4. The molecule has 4 rings (SSSR count). The molecule has 112 valence electrons. The molecule has 3 nitrogen and oxygen atoms in total. The number of benzene rings is 1. The molecule has 1 aromatic heterocycles. The second-order valence-electron chi connectivity index (χ2n) is 6.58. The largest absolute Gasteiger partial charge is 0.482 e. The topological polar surface area (TPSA) is 42.1 Å². The van der Waals surface area contributed by atoms with Gasteiger partial charge in [0.15, 0.2) is 0 Å². The van der Waals surface area contributed by atoms with Crippen molar-refractivity contribution in [3.8, 4) is 16.9 Å². The second-order valence-corrected chi connectivity index (χ2v) is 6.58. The van der Waals surface area contributed by atoms with Crippen molar-refractivity contribution < 1.29 is 4.74 Å². The quantitative estimate of drug-likeness (QED) is 0.811. The van der Waals surface area contributed by atoms with E-state index in [1.807, 2.05) is 30.3 Å². The average Bonchev–Trinajstić information content (AvgIpc) is 2.91. The van der Waals surface area contributed by atoms with Gasteiger partial charge in [0.25, 0.3) is 5.56 Å². The summed E-state index contributed by atoms with van der Waals surface area (Å²) in [5, 5.41) is 0. The van der Waals surface area contributed by atoms with Gasteiger partial charge >= 0.3 is 0 Å². The summed E-state index contributed by atoms with van der Waals surface area (Å²) >= 11 is 0. The van der Waals surface area contributed by atoms with Crippen LogP contribution < -0.4 is 10.3 Å². The fourth-order valence-corrected chi connectivity index (χ4v) is 4.04. The first-order chi connectivity index (χ1) is 10.5. The molecule has 1 N–H and O–H groups in total. The molecule has 0 fully saturated rings. The summed E-state index contributed by atoms with van der Waals surface area (Å²) in [5.41, 5.74) is 3.67. The van der Waals surface area contributed by atoms with E-state index in [-0.39, 0.29) is 11.5 Å². The van der Waals surface area contributed by atoms with Crippen molar-refractivity contribution >= 4 is 0 Å². The molecule has 22 heavy (non-hydrogen) atoms. The summed E-state index contributed by atoms with van der Waals surface area (Å²) < 4.78 is 6.33. The highest BCUT2D eigenvalue weighted by atomic mass is 16.5. The molecule has 2 heterocycles. The maximum Gasteiger partial charge on any atom is 0.255 e. The Bertz CT molecular complexity index is 834. The third-order valence-electron chi connectivity index (χ3n) is 5.15. The lowest BCUT2D eigenvalue weighted by molar-refractivity contribution is 0.142. The molecule has 0 saturated heterocycles. The van der Waals surface area contributed by atoms with E-state index in [2.05, 4.69) is 31.8 Å². The third kappa shape index (κ3) is 1.65. The highest BCUT2D eigenvalue weighted by Crippen LogP contribution is 2.56. The number of aromatic amines is 1. The molecule has 1 aromatic carbocycles. The smallest absolute Gasteiger partial charge is 0.255 e. The number of allylic oxidation sites excluding steroid dienone is 1.